The molecule has 24 heavy (non-hydrogen) atoms. The molecule has 0 aromatic carbocycles. The second kappa shape index (κ2) is 7.13. The minimum absolute atomic E-state index is 0.0486. The predicted octanol–water partition coefficient (Wildman–Crippen LogP) is 3.01. The van der Waals surface area contributed by atoms with Crippen molar-refractivity contribution in [1.29, 1.82) is 0 Å². The van der Waals surface area contributed by atoms with Crippen LogP contribution in [-0.2, 0) is 9.59 Å². The first-order valence-corrected chi connectivity index (χ1v) is 8.92. The van der Waals surface area contributed by atoms with Crippen LogP contribution in [0.3, 0.4) is 0 Å². The lowest BCUT2D eigenvalue weighted by Crippen LogP contribution is -2.29. The van der Waals surface area contributed by atoms with E-state index in [1.54, 1.807) is 17.4 Å². The number of rotatable bonds is 6. The number of carbonyl (C=O) groups is 2. The quantitative estimate of drug-likeness (QED) is 0.847. The number of aryl methyl sites for hydroxylation is 2. The first-order chi connectivity index (χ1) is 11.5. The third-order valence-corrected chi connectivity index (χ3v) is 5.19. The first-order valence-electron chi connectivity index (χ1n) is 8.10. The summed E-state index contributed by atoms with van der Waals surface area (Å²) in [5.41, 5.74) is 0.852. The summed E-state index contributed by atoms with van der Waals surface area (Å²) in [6.07, 6.45) is 1.15. The van der Waals surface area contributed by atoms with Crippen molar-refractivity contribution in [3.05, 3.63) is 45.8 Å². The summed E-state index contributed by atoms with van der Waals surface area (Å²) in [5.74, 6) is 0.863. The van der Waals surface area contributed by atoms with Gasteiger partial charge in [0.15, 0.2) is 0 Å². The van der Waals surface area contributed by atoms with Gasteiger partial charge in [-0.25, -0.2) is 4.98 Å². The van der Waals surface area contributed by atoms with Gasteiger partial charge in [0.25, 0.3) is 0 Å². The van der Waals surface area contributed by atoms with Crippen LogP contribution in [-0.4, -0.2) is 23.3 Å². The van der Waals surface area contributed by atoms with E-state index < -0.39 is 0 Å². The molecule has 5 nitrogen and oxygen atoms in total. The Morgan fingerprint density at radius 3 is 2.79 bits per heavy atom. The van der Waals surface area contributed by atoms with Crippen molar-refractivity contribution in [2.45, 2.75) is 32.6 Å². The van der Waals surface area contributed by atoms with Crippen LogP contribution in [0.25, 0.3) is 0 Å². The van der Waals surface area contributed by atoms with Gasteiger partial charge in [-0.2, -0.15) is 0 Å². The van der Waals surface area contributed by atoms with Crippen LogP contribution in [0.4, 0.5) is 5.82 Å². The van der Waals surface area contributed by atoms with Gasteiger partial charge in [0.2, 0.25) is 11.8 Å². The fraction of sp³-hybridized carbons (Fsp3) is 0.389. The van der Waals surface area contributed by atoms with Gasteiger partial charge >= 0.3 is 0 Å². The molecule has 0 bridgehead atoms. The van der Waals surface area contributed by atoms with Crippen LogP contribution >= 0.6 is 11.3 Å². The summed E-state index contributed by atoms with van der Waals surface area (Å²) < 4.78 is 0. The molecule has 1 aliphatic rings. The van der Waals surface area contributed by atoms with Crippen LogP contribution in [0.15, 0.2) is 30.3 Å². The number of pyridine rings is 1. The van der Waals surface area contributed by atoms with Crippen molar-refractivity contribution in [3.63, 3.8) is 0 Å². The summed E-state index contributed by atoms with van der Waals surface area (Å²) in [7, 11) is 0. The van der Waals surface area contributed by atoms with E-state index in [1.165, 1.54) is 9.75 Å². The Kier molecular flexibility index (Phi) is 4.94. The second-order valence-electron chi connectivity index (χ2n) is 6.15. The van der Waals surface area contributed by atoms with E-state index >= 15 is 0 Å². The van der Waals surface area contributed by atoms with Crippen molar-refractivity contribution in [3.8, 4) is 0 Å². The number of nitrogens with zero attached hydrogens (tertiary/aromatic N) is 1. The number of thiophene rings is 1. The standard InChI is InChI=1S/C18H21N3O2S/c1-11-4-3-5-16(20-11)21-17(22)8-9-19-18(23)14-10-13(14)15-7-6-12(2)24-15/h3-7,13-14H,8-10H2,1-2H3,(H,19,23)(H,20,21,22)/t13-,14+/m0/s1. The molecule has 6 heteroatoms. The van der Waals surface area contributed by atoms with Crippen molar-refractivity contribution in [2.75, 3.05) is 11.9 Å². The molecule has 1 aliphatic carbocycles. The van der Waals surface area contributed by atoms with Gasteiger partial charge in [-0.3, -0.25) is 9.59 Å². The van der Waals surface area contributed by atoms with Crippen LogP contribution < -0.4 is 10.6 Å². The number of hydrogen-bond acceptors (Lipinski definition) is 4. The predicted molar refractivity (Wildman–Crippen MR) is 95.1 cm³/mol. The van der Waals surface area contributed by atoms with Crippen LogP contribution in [0.5, 0.6) is 0 Å². The molecule has 0 aliphatic heterocycles. The molecule has 2 aromatic rings. The zero-order valence-electron chi connectivity index (χ0n) is 13.8. The lowest BCUT2D eigenvalue weighted by molar-refractivity contribution is -0.122. The SMILES string of the molecule is Cc1cccc(NC(=O)CCNC(=O)[C@@H]2C[C@@H]2c2ccc(C)s2)n1. The third-order valence-electron chi connectivity index (χ3n) is 4.06. The summed E-state index contributed by atoms with van der Waals surface area (Å²) in [6.45, 7) is 4.30. The van der Waals surface area contributed by atoms with Crippen molar-refractivity contribution in [2.24, 2.45) is 5.92 Å². The first kappa shape index (κ1) is 16.6. The maximum Gasteiger partial charge on any atom is 0.227 e. The van der Waals surface area contributed by atoms with Gasteiger partial charge in [-0.15, -0.1) is 11.3 Å². The molecule has 0 spiro atoms. The lowest BCUT2D eigenvalue weighted by atomic mass is 10.2. The summed E-state index contributed by atoms with van der Waals surface area (Å²) in [6, 6.07) is 9.68. The normalized spacial score (nSPS) is 18.9. The maximum atomic E-state index is 12.1. The van der Waals surface area contributed by atoms with Gasteiger partial charge in [-0.1, -0.05) is 6.07 Å². The van der Waals surface area contributed by atoms with E-state index in [4.69, 9.17) is 0 Å². The summed E-state index contributed by atoms with van der Waals surface area (Å²) >= 11 is 1.76. The fourth-order valence-electron chi connectivity index (χ4n) is 2.70. The molecule has 3 rings (SSSR count). The maximum absolute atomic E-state index is 12.1. The number of hydrogen-bond donors (Lipinski definition) is 2. The topological polar surface area (TPSA) is 71.1 Å². The Balaban J connectivity index is 1.39. The molecule has 0 saturated heterocycles. The molecular weight excluding hydrogens is 322 g/mol. The minimum Gasteiger partial charge on any atom is -0.355 e. The number of carbonyl (C=O) groups excluding carboxylic acids is 2. The minimum atomic E-state index is -0.144. The Morgan fingerprint density at radius 1 is 1.25 bits per heavy atom. The highest BCUT2D eigenvalue weighted by molar-refractivity contribution is 7.12. The largest absolute Gasteiger partial charge is 0.355 e. The fourth-order valence-corrected chi connectivity index (χ4v) is 3.76. The zero-order valence-corrected chi connectivity index (χ0v) is 14.7. The van der Waals surface area contributed by atoms with Crippen LogP contribution in [0.1, 0.15) is 34.2 Å². The summed E-state index contributed by atoms with van der Waals surface area (Å²) in [5, 5.41) is 5.60. The smallest absolute Gasteiger partial charge is 0.227 e. The van der Waals surface area contributed by atoms with Gasteiger partial charge in [0.05, 0.1) is 0 Å². The lowest BCUT2D eigenvalue weighted by Gasteiger charge is -2.06. The Morgan fingerprint density at radius 2 is 2.08 bits per heavy atom. The molecule has 2 atom stereocenters. The molecule has 126 valence electrons. The molecule has 2 N–H and O–H groups in total. The highest BCUT2D eigenvalue weighted by Gasteiger charge is 2.44. The Labute approximate surface area is 145 Å². The van der Waals surface area contributed by atoms with Crippen LogP contribution in [0, 0.1) is 19.8 Å². The molecule has 2 amide bonds. The molecule has 1 fully saturated rings. The molecule has 2 heterocycles. The average molecular weight is 343 g/mol. The molecule has 0 unspecified atom stereocenters. The van der Waals surface area contributed by atoms with Crippen molar-refractivity contribution in [1.82, 2.24) is 10.3 Å². The highest BCUT2D eigenvalue weighted by Crippen LogP contribution is 2.49. The number of amides is 2. The van der Waals surface area contributed by atoms with Gasteiger partial charge in [0, 0.05) is 40.2 Å². The molecular formula is C18H21N3O2S. The van der Waals surface area contributed by atoms with E-state index in [0.717, 1.165) is 12.1 Å². The highest BCUT2D eigenvalue weighted by atomic mass is 32.1. The van der Waals surface area contributed by atoms with E-state index in [0.29, 0.717) is 18.3 Å². The Bertz CT molecular complexity index is 756. The van der Waals surface area contributed by atoms with Gasteiger partial charge in [0.1, 0.15) is 5.82 Å². The molecule has 2 aromatic heterocycles. The molecule has 0 radical (unpaired) electrons. The zero-order chi connectivity index (χ0) is 17.1. The third kappa shape index (κ3) is 4.20. The Hall–Kier alpha value is -2.21. The van der Waals surface area contributed by atoms with Crippen LogP contribution in [0.2, 0.25) is 0 Å². The van der Waals surface area contributed by atoms with Gasteiger partial charge < -0.3 is 10.6 Å². The monoisotopic (exact) mass is 343 g/mol. The molecule has 1 saturated carbocycles. The van der Waals surface area contributed by atoms with Crippen molar-refractivity contribution >= 4 is 29.0 Å². The van der Waals surface area contributed by atoms with E-state index in [2.05, 4.69) is 34.7 Å². The van der Waals surface area contributed by atoms with Crippen molar-refractivity contribution < 1.29 is 9.59 Å². The summed E-state index contributed by atoms with van der Waals surface area (Å²) in [4.78, 5) is 30.8. The number of anilines is 1. The number of nitrogens with one attached hydrogen (secondary N) is 2. The average Bonchev–Trinajstić information content (AvgIpc) is 3.22. The van der Waals surface area contributed by atoms with E-state index in [9.17, 15) is 9.59 Å². The van der Waals surface area contributed by atoms with E-state index in [1.807, 2.05) is 19.1 Å². The number of aromatic nitrogens is 1. The van der Waals surface area contributed by atoms with Gasteiger partial charge in [-0.05, 0) is 44.5 Å². The van der Waals surface area contributed by atoms with E-state index in [-0.39, 0.29) is 24.2 Å². The second-order valence-corrected chi connectivity index (χ2v) is 7.47.